The van der Waals surface area contributed by atoms with Crippen LogP contribution in [0.1, 0.15) is 10.5 Å². The number of ether oxygens (including phenoxy) is 1. The van der Waals surface area contributed by atoms with Gasteiger partial charge in [0.1, 0.15) is 5.69 Å². The maximum absolute atomic E-state index is 13.0. The van der Waals surface area contributed by atoms with E-state index in [0.29, 0.717) is 23.2 Å². The number of nitrogens with zero attached hydrogens (tertiary/aromatic N) is 2. The molecule has 1 aromatic carbocycles. The zero-order chi connectivity index (χ0) is 16.0. The number of benzene rings is 1. The van der Waals surface area contributed by atoms with Crippen LogP contribution >= 0.6 is 11.6 Å². The predicted octanol–water partition coefficient (Wildman–Crippen LogP) is 2.22. The minimum atomic E-state index is 0.0492. The summed E-state index contributed by atoms with van der Waals surface area (Å²) in [4.78, 5) is 20.6. The third-order valence-electron chi connectivity index (χ3n) is 4.73. The summed E-state index contributed by atoms with van der Waals surface area (Å²) in [6.45, 7) is 3.92. The molecule has 2 aliphatic heterocycles. The average molecular weight is 334 g/mol. The van der Waals surface area contributed by atoms with Gasteiger partial charge in [0.05, 0.1) is 19.3 Å². The van der Waals surface area contributed by atoms with Gasteiger partial charge in [-0.3, -0.25) is 4.79 Å². The first kappa shape index (κ1) is 15.0. The molecule has 5 nitrogen and oxygen atoms in total. The fourth-order valence-electron chi connectivity index (χ4n) is 3.70. The number of fused-ring (bicyclic) bond motifs is 4. The van der Waals surface area contributed by atoms with Crippen molar-refractivity contribution >= 4 is 28.4 Å². The number of hydrogen-bond donors (Lipinski definition) is 1. The minimum absolute atomic E-state index is 0.0492. The van der Waals surface area contributed by atoms with Gasteiger partial charge in [0.25, 0.3) is 5.91 Å². The monoisotopic (exact) mass is 333 g/mol. The van der Waals surface area contributed by atoms with E-state index < -0.39 is 0 Å². The van der Waals surface area contributed by atoms with Crippen LogP contribution in [0.4, 0.5) is 0 Å². The average Bonchev–Trinajstić information content (AvgIpc) is 2.72. The van der Waals surface area contributed by atoms with Crippen LogP contribution in [0.25, 0.3) is 10.9 Å². The Hall–Kier alpha value is -1.56. The second-order valence-corrected chi connectivity index (χ2v) is 7.09. The summed E-state index contributed by atoms with van der Waals surface area (Å²) in [5.41, 5.74) is 1.56. The number of aromatic amines is 1. The Kier molecular flexibility index (Phi) is 3.79. The maximum Gasteiger partial charge on any atom is 0.270 e. The van der Waals surface area contributed by atoms with Gasteiger partial charge in [-0.15, -0.1) is 0 Å². The van der Waals surface area contributed by atoms with Gasteiger partial charge >= 0.3 is 0 Å². The lowest BCUT2D eigenvalue weighted by Gasteiger charge is -2.29. The molecule has 2 aliphatic rings. The lowest BCUT2D eigenvalue weighted by Crippen LogP contribution is -2.46. The molecule has 0 saturated carbocycles. The largest absolute Gasteiger partial charge is 0.379 e. The number of carbonyl (C=O) groups is 1. The molecule has 1 aromatic heterocycles. The second kappa shape index (κ2) is 5.82. The highest BCUT2D eigenvalue weighted by Crippen LogP contribution is 2.24. The van der Waals surface area contributed by atoms with Gasteiger partial charge in [-0.1, -0.05) is 11.6 Å². The molecule has 0 aliphatic carbocycles. The molecule has 1 N–H and O–H groups in total. The Morgan fingerprint density at radius 2 is 2.13 bits per heavy atom. The number of nitrogens with one attached hydrogen (secondary N) is 1. The molecule has 4 rings (SSSR count). The molecule has 0 radical (unpaired) electrons. The normalized spacial score (nSPS) is 25.6. The van der Waals surface area contributed by atoms with Crippen molar-refractivity contribution in [2.75, 3.05) is 39.9 Å². The highest BCUT2D eigenvalue weighted by molar-refractivity contribution is 6.31. The maximum atomic E-state index is 13.0. The van der Waals surface area contributed by atoms with Crippen LogP contribution in [0.2, 0.25) is 5.02 Å². The smallest absolute Gasteiger partial charge is 0.270 e. The van der Waals surface area contributed by atoms with Gasteiger partial charge in [0.15, 0.2) is 0 Å². The zero-order valence-corrected chi connectivity index (χ0v) is 13.8. The van der Waals surface area contributed by atoms with Crippen molar-refractivity contribution in [3.05, 3.63) is 35.0 Å². The fourth-order valence-corrected chi connectivity index (χ4v) is 3.88. The van der Waals surface area contributed by atoms with Crippen LogP contribution in [0.15, 0.2) is 24.3 Å². The van der Waals surface area contributed by atoms with Gasteiger partial charge < -0.3 is 19.5 Å². The third-order valence-corrected chi connectivity index (χ3v) is 4.96. The van der Waals surface area contributed by atoms with Gasteiger partial charge in [-0.2, -0.15) is 0 Å². The van der Waals surface area contributed by atoms with E-state index >= 15 is 0 Å². The van der Waals surface area contributed by atoms with E-state index in [1.807, 2.05) is 29.2 Å². The number of H-pyrrole nitrogens is 1. The molecule has 0 unspecified atom stereocenters. The molecule has 1 amide bonds. The van der Waals surface area contributed by atoms with Gasteiger partial charge in [0.2, 0.25) is 0 Å². The summed E-state index contributed by atoms with van der Waals surface area (Å²) in [7, 11) is 2.12. The van der Waals surface area contributed by atoms with Crippen LogP contribution in [0, 0.1) is 5.92 Å². The number of amides is 1. The van der Waals surface area contributed by atoms with Crippen LogP contribution in [0.5, 0.6) is 0 Å². The summed E-state index contributed by atoms with van der Waals surface area (Å²) in [6, 6.07) is 7.61. The van der Waals surface area contributed by atoms with Crippen LogP contribution in [0.3, 0.4) is 0 Å². The van der Waals surface area contributed by atoms with Crippen LogP contribution in [-0.4, -0.2) is 66.6 Å². The summed E-state index contributed by atoms with van der Waals surface area (Å²) < 4.78 is 5.75. The molecular formula is C17H20ClN3O2. The Labute approximate surface area is 140 Å². The SMILES string of the molecule is CN1C[C@@H]2COC[C@H](C1)N(C(=O)c1cc3cc(Cl)ccc3[nH]1)C2. The lowest BCUT2D eigenvalue weighted by atomic mass is 10.1. The van der Waals surface area contributed by atoms with E-state index in [9.17, 15) is 4.79 Å². The first-order valence-corrected chi connectivity index (χ1v) is 8.33. The molecule has 2 bridgehead atoms. The van der Waals surface area contributed by atoms with Crippen molar-refractivity contribution in [3.8, 4) is 0 Å². The summed E-state index contributed by atoms with van der Waals surface area (Å²) >= 11 is 6.04. The van der Waals surface area contributed by atoms with Crippen LogP contribution in [-0.2, 0) is 4.74 Å². The quantitative estimate of drug-likeness (QED) is 0.870. The standard InChI is InChI=1S/C17H20ClN3O2/c1-20-6-11-7-21(14(8-20)10-23-9-11)17(22)16-5-12-4-13(18)2-3-15(12)19-16/h2-5,11,14,19H,6-10H2,1H3/t11-,14-/m0/s1. The molecule has 2 aromatic rings. The predicted molar refractivity (Wildman–Crippen MR) is 89.9 cm³/mol. The molecule has 122 valence electrons. The Bertz CT molecular complexity index is 745. The lowest BCUT2D eigenvalue weighted by molar-refractivity contribution is 0.0481. The summed E-state index contributed by atoms with van der Waals surface area (Å²) in [5.74, 6) is 0.420. The van der Waals surface area contributed by atoms with Crippen molar-refractivity contribution in [1.82, 2.24) is 14.8 Å². The van der Waals surface area contributed by atoms with Crippen LogP contribution < -0.4 is 0 Å². The zero-order valence-electron chi connectivity index (χ0n) is 13.1. The van der Waals surface area contributed by atoms with E-state index in [2.05, 4.69) is 16.9 Å². The van der Waals surface area contributed by atoms with Crippen molar-refractivity contribution in [2.24, 2.45) is 5.92 Å². The van der Waals surface area contributed by atoms with Crippen molar-refractivity contribution in [3.63, 3.8) is 0 Å². The van der Waals surface area contributed by atoms with Gasteiger partial charge in [0, 0.05) is 41.5 Å². The number of halogens is 1. The number of hydrogen-bond acceptors (Lipinski definition) is 3. The first-order valence-electron chi connectivity index (χ1n) is 7.95. The number of rotatable bonds is 1. The topological polar surface area (TPSA) is 48.6 Å². The van der Waals surface area contributed by atoms with E-state index in [0.717, 1.165) is 37.1 Å². The molecular weight excluding hydrogens is 314 g/mol. The minimum Gasteiger partial charge on any atom is -0.379 e. The molecule has 6 heteroatoms. The summed E-state index contributed by atoms with van der Waals surface area (Å²) in [6.07, 6.45) is 0. The highest BCUT2D eigenvalue weighted by atomic mass is 35.5. The molecule has 2 atom stereocenters. The first-order chi connectivity index (χ1) is 11.1. The molecule has 0 spiro atoms. The molecule has 2 saturated heterocycles. The Morgan fingerprint density at radius 1 is 1.26 bits per heavy atom. The van der Waals surface area contributed by atoms with E-state index in [-0.39, 0.29) is 11.9 Å². The van der Waals surface area contributed by atoms with E-state index in [1.165, 1.54) is 0 Å². The Balaban J connectivity index is 1.66. The highest BCUT2D eigenvalue weighted by Gasteiger charge is 2.35. The van der Waals surface area contributed by atoms with E-state index in [1.54, 1.807) is 0 Å². The van der Waals surface area contributed by atoms with Crippen molar-refractivity contribution < 1.29 is 9.53 Å². The van der Waals surface area contributed by atoms with Crippen molar-refractivity contribution in [1.29, 1.82) is 0 Å². The number of aromatic nitrogens is 1. The van der Waals surface area contributed by atoms with Gasteiger partial charge in [-0.05, 0) is 31.3 Å². The number of likely N-dealkylation sites (N-methyl/N-ethyl adjacent to an activating group) is 1. The number of carbonyl (C=O) groups excluding carboxylic acids is 1. The van der Waals surface area contributed by atoms with Crippen molar-refractivity contribution in [2.45, 2.75) is 6.04 Å². The Morgan fingerprint density at radius 3 is 3.00 bits per heavy atom. The molecule has 23 heavy (non-hydrogen) atoms. The molecule has 2 fully saturated rings. The fraction of sp³-hybridized carbons (Fsp3) is 0.471. The molecule has 3 heterocycles. The third kappa shape index (κ3) is 2.84. The second-order valence-electron chi connectivity index (χ2n) is 6.65. The van der Waals surface area contributed by atoms with E-state index in [4.69, 9.17) is 16.3 Å². The summed E-state index contributed by atoms with van der Waals surface area (Å²) in [5, 5.41) is 1.64. The van der Waals surface area contributed by atoms with Gasteiger partial charge in [-0.25, -0.2) is 0 Å².